The molecule has 5 fully saturated rings. The zero-order valence-corrected chi connectivity index (χ0v) is 42.8. The second-order valence-corrected chi connectivity index (χ2v) is 22.3. The van der Waals surface area contributed by atoms with Crippen molar-refractivity contribution in [2.24, 2.45) is 16.3 Å². The van der Waals surface area contributed by atoms with Gasteiger partial charge in [-0.25, -0.2) is 4.79 Å². The van der Waals surface area contributed by atoms with Crippen LogP contribution in [0.1, 0.15) is 102 Å². The average molecular weight is 971 g/mol. The van der Waals surface area contributed by atoms with Crippen LogP contribution in [0.5, 0.6) is 5.75 Å². The van der Waals surface area contributed by atoms with Crippen molar-refractivity contribution in [3.63, 3.8) is 0 Å². The van der Waals surface area contributed by atoms with Crippen LogP contribution >= 0.6 is 0 Å². The molecule has 6 aliphatic heterocycles. The quantitative estimate of drug-likeness (QED) is 0.119. The molecule has 2 spiro atoms. The standard InChI is InChI=1S/C57H70N4O10/c1-10-52(34-69-51(4,5)71-52)32-37-22-24-55(49(63)67-8,45-54(38-20-15-16-21-41(38)58-45)25-29-61(44(37)54)33-36-18-13-12-14-19-36)40-30-39-42(31-43(40)66-7)59(6)47-56(39)26-28-60-27-17-23-53(11-2,46(56)60)48(70-35(3)62)57(47,65)50(64)68-9/h12-21,23,30-31,37,44,46-48,65H,10-11,22,24-29,32-34H2,1-9H3/t37-,44-,46+,47-,48-,52-,53-,54+,55+,56-,57+/m1/s1. The molecular weight excluding hydrogens is 901 g/mol. The molecule has 378 valence electrons. The fourth-order valence-electron chi connectivity index (χ4n) is 16.4. The maximum Gasteiger partial charge on any atom is 0.344 e. The lowest BCUT2D eigenvalue weighted by molar-refractivity contribution is -0.228. The number of para-hydroxylation sites is 1. The van der Waals surface area contributed by atoms with E-state index in [9.17, 15) is 14.7 Å². The van der Waals surface area contributed by atoms with Gasteiger partial charge in [-0.05, 0) is 100 Å². The maximum absolute atomic E-state index is 15.9. The van der Waals surface area contributed by atoms with Gasteiger partial charge < -0.3 is 38.4 Å². The van der Waals surface area contributed by atoms with Gasteiger partial charge in [0.15, 0.2) is 11.9 Å². The average Bonchev–Trinajstić information content (AvgIpc) is 4.16. The Kier molecular flexibility index (Phi) is 11.3. The third-order valence-corrected chi connectivity index (χ3v) is 18.8. The number of carbonyl (C=O) groups excluding carboxylic acids is 3. The number of carbonyl (C=O) groups is 3. The number of hydrogen-bond acceptors (Lipinski definition) is 14. The number of benzene rings is 3. The van der Waals surface area contributed by atoms with Crippen molar-refractivity contribution in [3.05, 3.63) is 101 Å². The maximum atomic E-state index is 15.9. The van der Waals surface area contributed by atoms with Gasteiger partial charge in [0.25, 0.3) is 0 Å². The highest BCUT2D eigenvalue weighted by Gasteiger charge is 2.81. The Balaban J connectivity index is 1.17. The van der Waals surface area contributed by atoms with Crippen LogP contribution in [0.25, 0.3) is 0 Å². The normalized spacial score (nSPS) is 37.2. The second kappa shape index (κ2) is 16.7. The van der Waals surface area contributed by atoms with Crippen molar-refractivity contribution in [1.82, 2.24) is 9.80 Å². The van der Waals surface area contributed by atoms with Crippen LogP contribution in [0.2, 0.25) is 0 Å². The van der Waals surface area contributed by atoms with E-state index in [1.54, 1.807) is 7.11 Å². The first kappa shape index (κ1) is 48.2. The minimum Gasteiger partial charge on any atom is -0.496 e. The van der Waals surface area contributed by atoms with Gasteiger partial charge in [0.05, 0.1) is 56.4 Å². The van der Waals surface area contributed by atoms with Crippen LogP contribution in [0.15, 0.2) is 83.9 Å². The minimum atomic E-state index is -2.32. The predicted molar refractivity (Wildman–Crippen MR) is 267 cm³/mol. The van der Waals surface area contributed by atoms with Gasteiger partial charge in [0.2, 0.25) is 5.60 Å². The summed E-state index contributed by atoms with van der Waals surface area (Å²) in [6.45, 7) is 12.8. The number of ether oxygens (including phenoxy) is 6. The van der Waals surface area contributed by atoms with E-state index in [1.165, 1.54) is 26.7 Å². The highest BCUT2D eigenvalue weighted by atomic mass is 16.8. The highest BCUT2D eigenvalue weighted by molar-refractivity contribution is 6.21. The zero-order valence-electron chi connectivity index (χ0n) is 42.8. The molecule has 6 heterocycles. The number of aliphatic imine (C=N–C) groups is 1. The Morgan fingerprint density at radius 3 is 2.30 bits per heavy atom. The monoisotopic (exact) mass is 971 g/mol. The number of esters is 3. The smallest absolute Gasteiger partial charge is 0.344 e. The number of rotatable bonds is 11. The molecule has 11 rings (SSSR count). The largest absolute Gasteiger partial charge is 0.496 e. The molecule has 2 aliphatic carbocycles. The summed E-state index contributed by atoms with van der Waals surface area (Å²) < 4.78 is 37.8. The second-order valence-electron chi connectivity index (χ2n) is 22.3. The molecule has 8 aliphatic rings. The first-order valence-corrected chi connectivity index (χ1v) is 25.8. The molecule has 3 aromatic carbocycles. The Bertz CT molecular complexity index is 2730. The van der Waals surface area contributed by atoms with E-state index < -0.39 is 68.7 Å². The molecular formula is C57H70N4O10. The number of likely N-dealkylation sites (N-methyl/N-ethyl adjacent to an activating group) is 1. The van der Waals surface area contributed by atoms with Crippen LogP contribution in [-0.2, 0) is 60.9 Å². The van der Waals surface area contributed by atoms with Crippen molar-refractivity contribution in [1.29, 1.82) is 0 Å². The van der Waals surface area contributed by atoms with Crippen LogP contribution in [-0.4, -0.2) is 134 Å². The summed E-state index contributed by atoms with van der Waals surface area (Å²) in [6, 6.07) is 21.8. The summed E-state index contributed by atoms with van der Waals surface area (Å²) in [7, 11) is 6.26. The highest BCUT2D eigenvalue weighted by Crippen LogP contribution is 2.69. The fourth-order valence-corrected chi connectivity index (χ4v) is 16.4. The van der Waals surface area contributed by atoms with Gasteiger partial charge in [-0.15, -0.1) is 0 Å². The van der Waals surface area contributed by atoms with E-state index in [0.29, 0.717) is 76.1 Å². The van der Waals surface area contributed by atoms with Crippen LogP contribution in [0.4, 0.5) is 11.4 Å². The molecule has 0 unspecified atom stereocenters. The molecule has 14 heteroatoms. The lowest BCUT2D eigenvalue weighted by Gasteiger charge is -2.63. The topological polar surface area (TPSA) is 149 Å². The van der Waals surface area contributed by atoms with E-state index >= 15 is 4.79 Å². The van der Waals surface area contributed by atoms with Crippen molar-refractivity contribution in [2.75, 3.05) is 59.5 Å². The van der Waals surface area contributed by atoms with Crippen molar-refractivity contribution >= 4 is 35.0 Å². The molecule has 0 aromatic heterocycles. The summed E-state index contributed by atoms with van der Waals surface area (Å²) in [5, 5.41) is 13.6. The first-order chi connectivity index (χ1) is 34.0. The van der Waals surface area contributed by atoms with E-state index in [4.69, 9.17) is 33.4 Å². The number of aliphatic hydroxyl groups is 1. The number of hydrogen-bond donors (Lipinski definition) is 1. The van der Waals surface area contributed by atoms with Crippen LogP contribution < -0.4 is 9.64 Å². The summed E-state index contributed by atoms with van der Waals surface area (Å²) in [6.07, 6.45) is 7.04. The Morgan fingerprint density at radius 2 is 1.62 bits per heavy atom. The van der Waals surface area contributed by atoms with E-state index in [2.05, 4.69) is 83.5 Å². The molecule has 14 nitrogen and oxygen atoms in total. The summed E-state index contributed by atoms with van der Waals surface area (Å²) >= 11 is 0. The lowest BCUT2D eigenvalue weighted by Crippen LogP contribution is -2.81. The Morgan fingerprint density at radius 1 is 0.873 bits per heavy atom. The minimum absolute atomic E-state index is 0.00489. The number of nitrogens with zero attached hydrogens (tertiary/aromatic N) is 4. The molecule has 3 aromatic rings. The molecule has 1 N–H and O–H groups in total. The number of methoxy groups -OCH3 is 3. The zero-order chi connectivity index (χ0) is 50.1. The number of anilines is 1. The van der Waals surface area contributed by atoms with Gasteiger partial charge in [-0.1, -0.05) is 74.5 Å². The molecule has 0 amide bonds. The number of likely N-dealkylation sites (tertiary alicyclic amines) is 1. The summed E-state index contributed by atoms with van der Waals surface area (Å²) in [4.78, 5) is 56.5. The third-order valence-electron chi connectivity index (χ3n) is 18.8. The van der Waals surface area contributed by atoms with Crippen molar-refractivity contribution < 1.29 is 47.9 Å². The summed E-state index contributed by atoms with van der Waals surface area (Å²) in [5.74, 6) is -2.17. The first-order valence-electron chi connectivity index (χ1n) is 25.8. The SMILES string of the molecule is CC[C@@]1(C[C@H]2CC[C@](C(=O)OC)(c3cc4c(cc3OC)N(C)[C@H]3[C@@](O)(C(=O)OC)[C@H](OC(C)=O)[C@]5(CC)C=CCN6CC[C@]43[C@@H]65)C3=Nc4ccccc4[C@]34CCN(Cc3ccccc3)[C@H]24)COC(C)(C)O1. The van der Waals surface area contributed by atoms with Crippen molar-refractivity contribution in [3.8, 4) is 5.75 Å². The third kappa shape index (κ3) is 6.36. The van der Waals surface area contributed by atoms with Gasteiger partial charge in [-0.3, -0.25) is 24.4 Å². The van der Waals surface area contributed by atoms with Gasteiger partial charge >= 0.3 is 17.9 Å². The van der Waals surface area contributed by atoms with Crippen LogP contribution in [0.3, 0.4) is 0 Å². The van der Waals surface area contributed by atoms with Gasteiger partial charge in [0.1, 0.15) is 11.2 Å². The lowest BCUT2D eigenvalue weighted by atomic mass is 9.47. The molecule has 71 heavy (non-hydrogen) atoms. The number of fused-ring (bicyclic) bond motifs is 2. The molecule has 2 saturated carbocycles. The van der Waals surface area contributed by atoms with Gasteiger partial charge in [0, 0.05) is 73.8 Å². The van der Waals surface area contributed by atoms with E-state index in [0.717, 1.165) is 41.2 Å². The fraction of sp³-hybridized carbons (Fsp3) is 0.579. The Hall–Kier alpha value is -5.12. The molecule has 0 radical (unpaired) electrons. The summed E-state index contributed by atoms with van der Waals surface area (Å²) in [5.41, 5.74) is -0.847. The van der Waals surface area contributed by atoms with E-state index in [1.807, 2.05) is 44.9 Å². The van der Waals surface area contributed by atoms with E-state index in [-0.39, 0.29) is 18.0 Å². The van der Waals surface area contributed by atoms with Crippen LogP contribution in [0, 0.1) is 11.3 Å². The molecule has 3 saturated heterocycles. The predicted octanol–water partition coefficient (Wildman–Crippen LogP) is 7.08. The molecule has 11 atom stereocenters. The Labute approximate surface area is 417 Å². The van der Waals surface area contributed by atoms with Gasteiger partial charge in [-0.2, -0.15) is 0 Å². The van der Waals surface area contributed by atoms with Crippen molar-refractivity contribution in [2.45, 2.75) is 144 Å². The molecule has 0 bridgehead atoms.